The summed E-state index contributed by atoms with van der Waals surface area (Å²) in [5.41, 5.74) is 10.1. The molecule has 94 valence electrons. The summed E-state index contributed by atoms with van der Waals surface area (Å²) in [7, 11) is 0. The maximum absolute atomic E-state index is 11.1. The number of nitrogens with two attached hydrogens (primary N) is 2. The topological polar surface area (TPSA) is 136 Å². The van der Waals surface area contributed by atoms with E-state index in [2.05, 4.69) is 5.32 Å². The number of carboxylic acids is 1. The van der Waals surface area contributed by atoms with Crippen LogP contribution in [0.2, 0.25) is 0 Å². The Morgan fingerprint density at radius 3 is 2.12 bits per heavy atom. The molecule has 0 aliphatic carbocycles. The predicted molar refractivity (Wildman–Crippen MR) is 51.6 cm³/mol. The number of carboxylic acid groups (broad SMARTS) is 1. The number of aliphatic carboxylic acids is 1. The molecule has 0 aromatic carbocycles. The van der Waals surface area contributed by atoms with Crippen molar-refractivity contribution >= 4 is 17.8 Å². The third kappa shape index (κ3) is 11.1. The van der Waals surface area contributed by atoms with E-state index < -0.39 is 29.9 Å². The van der Waals surface area contributed by atoms with Gasteiger partial charge in [0.25, 0.3) is 0 Å². The summed E-state index contributed by atoms with van der Waals surface area (Å²) in [6.45, 7) is 1.43. The first-order chi connectivity index (χ1) is 6.84. The molecule has 6 N–H and O–H groups in total. The molecular weight excluding hydrogens is 277 g/mol. The Labute approximate surface area is 148 Å². The molecule has 0 saturated heterocycles. The standard InChI is InChI=1S/C8H15N3O4.ClH.K/c1-4(9)7(13)11-5(8(14)15)2-3-6(10)12;;/h4-5H,2-3,9H2,1H3,(H2,10,12)(H,11,13)(H,14,15);1H;/q;;+1/p-1/t4-,5-;;/m0../s1. The molecule has 0 spiro atoms. The molecule has 0 aliphatic rings. The van der Waals surface area contributed by atoms with Gasteiger partial charge in [0.2, 0.25) is 11.8 Å². The molecule has 0 aromatic rings. The van der Waals surface area contributed by atoms with Crippen LogP contribution in [0.3, 0.4) is 0 Å². The quantitative estimate of drug-likeness (QED) is 0.360. The van der Waals surface area contributed by atoms with Crippen molar-refractivity contribution in [2.45, 2.75) is 31.8 Å². The number of nitrogens with one attached hydrogen (secondary N) is 1. The normalized spacial score (nSPS) is 12.4. The van der Waals surface area contributed by atoms with Crippen molar-refractivity contribution < 1.29 is 83.3 Å². The molecule has 17 heavy (non-hydrogen) atoms. The molecule has 0 radical (unpaired) electrons. The van der Waals surface area contributed by atoms with Gasteiger partial charge in [-0.2, -0.15) is 0 Å². The minimum atomic E-state index is -1.22. The Bertz CT molecular complexity index is 275. The van der Waals surface area contributed by atoms with E-state index in [1.165, 1.54) is 6.92 Å². The number of hydrogen-bond acceptors (Lipinski definition) is 4. The zero-order valence-electron chi connectivity index (χ0n) is 9.77. The van der Waals surface area contributed by atoms with Gasteiger partial charge in [0.15, 0.2) is 0 Å². The SMILES string of the molecule is C[C@H](N)C(=O)N[C@@H](CCC(N)=O)C(=O)O.[Cl-].[K+]. The number of primary amides is 1. The first-order valence-electron chi connectivity index (χ1n) is 4.41. The van der Waals surface area contributed by atoms with Gasteiger partial charge in [0.05, 0.1) is 6.04 Å². The van der Waals surface area contributed by atoms with Crippen LogP contribution in [0.25, 0.3) is 0 Å². The van der Waals surface area contributed by atoms with Crippen molar-refractivity contribution in [3.63, 3.8) is 0 Å². The van der Waals surface area contributed by atoms with Gasteiger partial charge >= 0.3 is 57.4 Å². The maximum Gasteiger partial charge on any atom is 1.00 e. The van der Waals surface area contributed by atoms with E-state index in [1.807, 2.05) is 0 Å². The summed E-state index contributed by atoms with van der Waals surface area (Å²) in [5, 5.41) is 10.9. The Morgan fingerprint density at radius 1 is 1.35 bits per heavy atom. The molecule has 0 heterocycles. The van der Waals surface area contributed by atoms with Gasteiger partial charge in [-0.3, -0.25) is 9.59 Å². The van der Waals surface area contributed by atoms with Gasteiger partial charge in [-0.15, -0.1) is 0 Å². The summed E-state index contributed by atoms with van der Waals surface area (Å²) < 4.78 is 0. The molecule has 7 nitrogen and oxygen atoms in total. The zero-order valence-corrected chi connectivity index (χ0v) is 13.7. The van der Waals surface area contributed by atoms with Crippen molar-refractivity contribution in [1.82, 2.24) is 5.32 Å². The molecular formula is C8H15ClKN3O4. The number of hydrogen-bond donors (Lipinski definition) is 4. The van der Waals surface area contributed by atoms with Crippen molar-refractivity contribution in [3.05, 3.63) is 0 Å². The first-order valence-corrected chi connectivity index (χ1v) is 4.41. The second kappa shape index (κ2) is 11.4. The number of rotatable bonds is 6. The first kappa shape index (κ1) is 22.5. The third-order valence-corrected chi connectivity index (χ3v) is 1.71. The molecule has 2 amide bonds. The number of amides is 2. The number of carbonyl (C=O) groups excluding carboxylic acids is 2. The average Bonchev–Trinajstić information content (AvgIpc) is 2.10. The van der Waals surface area contributed by atoms with Crippen LogP contribution < -0.4 is 80.6 Å². The van der Waals surface area contributed by atoms with Crippen LogP contribution in [-0.4, -0.2) is 35.0 Å². The molecule has 0 fully saturated rings. The minimum Gasteiger partial charge on any atom is -1.00 e. The third-order valence-electron chi connectivity index (χ3n) is 1.71. The molecule has 9 heteroatoms. The number of halogens is 1. The van der Waals surface area contributed by atoms with E-state index in [9.17, 15) is 14.4 Å². The minimum absolute atomic E-state index is 0. The second-order valence-corrected chi connectivity index (χ2v) is 3.19. The van der Waals surface area contributed by atoms with Crippen LogP contribution in [0.15, 0.2) is 0 Å². The maximum atomic E-state index is 11.1. The fourth-order valence-corrected chi connectivity index (χ4v) is 0.847. The predicted octanol–water partition coefficient (Wildman–Crippen LogP) is -7.82. The summed E-state index contributed by atoms with van der Waals surface area (Å²) in [6, 6.07) is -1.92. The van der Waals surface area contributed by atoms with Crippen molar-refractivity contribution in [1.29, 1.82) is 0 Å². The Hall–Kier alpha value is 0.296. The van der Waals surface area contributed by atoms with Crippen molar-refractivity contribution in [3.8, 4) is 0 Å². The molecule has 0 unspecified atom stereocenters. The Balaban J connectivity index is -0.000000980. The van der Waals surface area contributed by atoms with Gasteiger partial charge in [0, 0.05) is 6.42 Å². The van der Waals surface area contributed by atoms with Crippen molar-refractivity contribution in [2.75, 3.05) is 0 Å². The second-order valence-electron chi connectivity index (χ2n) is 3.19. The molecule has 2 atom stereocenters. The summed E-state index contributed by atoms with van der Waals surface area (Å²) in [5.74, 6) is -2.41. The number of carbonyl (C=O) groups is 3. The van der Waals surface area contributed by atoms with E-state index in [0.717, 1.165) is 0 Å². The summed E-state index contributed by atoms with van der Waals surface area (Å²) >= 11 is 0. The van der Waals surface area contributed by atoms with E-state index >= 15 is 0 Å². The largest absolute Gasteiger partial charge is 1.00 e. The van der Waals surface area contributed by atoms with Crippen LogP contribution in [0.5, 0.6) is 0 Å². The van der Waals surface area contributed by atoms with Crippen LogP contribution in [0, 0.1) is 0 Å². The van der Waals surface area contributed by atoms with Gasteiger partial charge in [0.1, 0.15) is 6.04 Å². The molecule has 0 aliphatic heterocycles. The van der Waals surface area contributed by atoms with Crippen LogP contribution in [-0.2, 0) is 14.4 Å². The van der Waals surface area contributed by atoms with Crippen molar-refractivity contribution in [2.24, 2.45) is 11.5 Å². The Kier molecular flexibility index (Phi) is 15.1. The summed E-state index contributed by atoms with van der Waals surface area (Å²) in [6.07, 6.45) is -0.140. The fourth-order valence-electron chi connectivity index (χ4n) is 0.847. The monoisotopic (exact) mass is 291 g/mol. The fraction of sp³-hybridized carbons (Fsp3) is 0.625. The molecule has 0 aromatic heterocycles. The molecule has 0 saturated carbocycles. The van der Waals surface area contributed by atoms with Crippen LogP contribution in [0.1, 0.15) is 19.8 Å². The van der Waals surface area contributed by atoms with Crippen LogP contribution >= 0.6 is 0 Å². The summed E-state index contributed by atoms with van der Waals surface area (Å²) in [4.78, 5) is 32.2. The van der Waals surface area contributed by atoms with Gasteiger partial charge in [-0.1, -0.05) is 0 Å². The van der Waals surface area contributed by atoms with Gasteiger partial charge in [-0.05, 0) is 13.3 Å². The molecule has 0 bridgehead atoms. The van der Waals surface area contributed by atoms with E-state index in [-0.39, 0.29) is 76.6 Å². The van der Waals surface area contributed by atoms with Gasteiger partial charge < -0.3 is 34.3 Å². The van der Waals surface area contributed by atoms with E-state index in [4.69, 9.17) is 16.6 Å². The zero-order chi connectivity index (χ0) is 12.0. The molecule has 0 rings (SSSR count). The smallest absolute Gasteiger partial charge is 1.00 e. The van der Waals surface area contributed by atoms with E-state index in [1.54, 1.807) is 0 Å². The van der Waals surface area contributed by atoms with Crippen LogP contribution in [0.4, 0.5) is 0 Å². The van der Waals surface area contributed by atoms with Gasteiger partial charge in [-0.25, -0.2) is 4.79 Å². The van der Waals surface area contributed by atoms with E-state index in [0.29, 0.717) is 0 Å². The average molecular weight is 292 g/mol. The Morgan fingerprint density at radius 2 is 1.82 bits per heavy atom.